The van der Waals surface area contributed by atoms with E-state index in [1.165, 1.54) is 11.3 Å². The maximum Gasteiger partial charge on any atom is 0.308 e. The van der Waals surface area contributed by atoms with Crippen LogP contribution in [0.3, 0.4) is 0 Å². The van der Waals surface area contributed by atoms with Gasteiger partial charge in [-0.2, -0.15) is 0 Å². The number of aromatic nitrogens is 1. The number of thiazole rings is 1. The molecule has 0 bridgehead atoms. The zero-order valence-corrected chi connectivity index (χ0v) is 12.0. The zero-order chi connectivity index (χ0) is 14.5. The summed E-state index contributed by atoms with van der Waals surface area (Å²) in [6.45, 7) is 0.305. The number of rotatable bonds is 4. The number of carbonyl (C=O) groups excluding carboxylic acids is 1. The molecule has 0 aromatic carbocycles. The predicted molar refractivity (Wildman–Crippen MR) is 75.5 cm³/mol. The van der Waals surface area contributed by atoms with Crippen molar-refractivity contribution in [2.24, 2.45) is 11.7 Å². The van der Waals surface area contributed by atoms with E-state index in [9.17, 15) is 14.7 Å². The lowest BCUT2D eigenvalue weighted by atomic mass is 9.95. The van der Waals surface area contributed by atoms with Gasteiger partial charge < -0.3 is 16.2 Å². The van der Waals surface area contributed by atoms with Gasteiger partial charge in [-0.25, -0.2) is 4.98 Å². The number of aliphatic carboxylic acids is 1. The molecule has 1 aliphatic rings. The van der Waals surface area contributed by atoms with E-state index in [4.69, 9.17) is 5.73 Å². The first-order chi connectivity index (χ1) is 9.61. The van der Waals surface area contributed by atoms with E-state index < -0.39 is 11.9 Å². The monoisotopic (exact) mass is 297 g/mol. The minimum atomic E-state index is -0.835. The third kappa shape index (κ3) is 3.55. The summed E-state index contributed by atoms with van der Waals surface area (Å²) in [6, 6.07) is -0.314. The summed E-state index contributed by atoms with van der Waals surface area (Å²) in [5.41, 5.74) is 5.79. The Morgan fingerprint density at radius 2 is 2.15 bits per heavy atom. The molecule has 0 aliphatic heterocycles. The molecule has 2 rings (SSSR count). The van der Waals surface area contributed by atoms with Crippen LogP contribution < -0.4 is 11.1 Å². The van der Waals surface area contributed by atoms with Crippen LogP contribution >= 0.6 is 11.3 Å². The molecule has 6 nitrogen and oxygen atoms in total. The van der Waals surface area contributed by atoms with Gasteiger partial charge in [-0.1, -0.05) is 19.3 Å². The number of amides is 1. The molecule has 1 fully saturated rings. The van der Waals surface area contributed by atoms with Crippen molar-refractivity contribution < 1.29 is 14.7 Å². The van der Waals surface area contributed by atoms with Crippen molar-refractivity contribution in [1.82, 2.24) is 10.3 Å². The number of carbonyl (C=O) groups is 2. The Morgan fingerprint density at radius 3 is 2.80 bits per heavy atom. The molecule has 20 heavy (non-hydrogen) atoms. The molecule has 110 valence electrons. The van der Waals surface area contributed by atoms with Gasteiger partial charge in [-0.05, 0) is 12.8 Å². The van der Waals surface area contributed by atoms with Crippen LogP contribution in [0.15, 0.2) is 5.38 Å². The van der Waals surface area contributed by atoms with E-state index in [2.05, 4.69) is 10.3 Å². The summed E-state index contributed by atoms with van der Waals surface area (Å²) in [5, 5.41) is 14.5. The Balaban J connectivity index is 2.05. The first-order valence-electron chi connectivity index (χ1n) is 6.80. The molecule has 1 aliphatic carbocycles. The fourth-order valence-electron chi connectivity index (χ4n) is 2.53. The normalized spacial score (nSPS) is 23.1. The van der Waals surface area contributed by atoms with E-state index in [1.807, 2.05) is 0 Å². The molecule has 1 aromatic rings. The van der Waals surface area contributed by atoms with Crippen molar-refractivity contribution >= 4 is 23.2 Å². The van der Waals surface area contributed by atoms with E-state index >= 15 is 0 Å². The summed E-state index contributed by atoms with van der Waals surface area (Å²) in [6.07, 6.45) is 4.18. The lowest BCUT2D eigenvalue weighted by Crippen LogP contribution is -2.43. The van der Waals surface area contributed by atoms with Crippen LogP contribution in [-0.2, 0) is 11.3 Å². The fraction of sp³-hybridized carbons (Fsp3) is 0.615. The summed E-state index contributed by atoms with van der Waals surface area (Å²) in [7, 11) is 0. The van der Waals surface area contributed by atoms with Crippen molar-refractivity contribution in [2.75, 3.05) is 0 Å². The lowest BCUT2D eigenvalue weighted by molar-refractivity contribution is -0.142. The van der Waals surface area contributed by atoms with Gasteiger partial charge in [-0.15, -0.1) is 11.3 Å². The van der Waals surface area contributed by atoms with E-state index in [0.717, 1.165) is 19.3 Å². The Kier molecular flexibility index (Phi) is 5.08. The molecule has 2 atom stereocenters. The second-order valence-electron chi connectivity index (χ2n) is 4.99. The predicted octanol–water partition coefficient (Wildman–Crippen LogP) is 1.37. The molecule has 0 radical (unpaired) electrons. The number of hydrogen-bond acceptors (Lipinski definition) is 5. The van der Waals surface area contributed by atoms with Crippen LogP contribution in [0.1, 0.15) is 47.6 Å². The number of carboxylic acid groups (broad SMARTS) is 1. The summed E-state index contributed by atoms with van der Waals surface area (Å²) < 4.78 is 0. The van der Waals surface area contributed by atoms with Crippen molar-refractivity contribution in [1.29, 1.82) is 0 Å². The minimum absolute atomic E-state index is 0.305. The quantitative estimate of drug-likeness (QED) is 0.728. The van der Waals surface area contributed by atoms with Gasteiger partial charge in [0, 0.05) is 18.0 Å². The number of hydrogen-bond donors (Lipinski definition) is 3. The van der Waals surface area contributed by atoms with Crippen LogP contribution in [0.4, 0.5) is 0 Å². The molecule has 1 heterocycles. The largest absolute Gasteiger partial charge is 0.481 e. The third-order valence-corrected chi connectivity index (χ3v) is 4.48. The molecular formula is C13H19N3O3S. The van der Waals surface area contributed by atoms with Crippen molar-refractivity contribution in [2.45, 2.75) is 44.7 Å². The number of carboxylic acids is 1. The topological polar surface area (TPSA) is 105 Å². The van der Waals surface area contributed by atoms with Gasteiger partial charge in [0.2, 0.25) is 0 Å². The average Bonchev–Trinajstić information content (AvgIpc) is 2.79. The maximum absolute atomic E-state index is 12.1. The van der Waals surface area contributed by atoms with Crippen molar-refractivity contribution in [3.63, 3.8) is 0 Å². The average molecular weight is 297 g/mol. The molecule has 4 N–H and O–H groups in total. The second-order valence-corrected chi connectivity index (χ2v) is 5.94. The second kappa shape index (κ2) is 6.81. The summed E-state index contributed by atoms with van der Waals surface area (Å²) in [4.78, 5) is 27.5. The van der Waals surface area contributed by atoms with Gasteiger partial charge in [0.05, 0.1) is 5.92 Å². The first kappa shape index (κ1) is 14.9. The Bertz CT molecular complexity index is 489. The van der Waals surface area contributed by atoms with Crippen LogP contribution in [0.5, 0.6) is 0 Å². The standard InChI is InChI=1S/C13H19N3O3S/c14-6-11-15-10(7-20-11)12(17)16-9-5-3-1-2-4-8(9)13(18)19/h7-9H,1-6,14H2,(H,16,17)(H,18,19). The molecule has 7 heteroatoms. The maximum atomic E-state index is 12.1. The van der Waals surface area contributed by atoms with E-state index in [-0.39, 0.29) is 11.9 Å². The molecule has 0 spiro atoms. The smallest absolute Gasteiger partial charge is 0.308 e. The van der Waals surface area contributed by atoms with Gasteiger partial charge in [0.1, 0.15) is 10.7 Å². The molecular weight excluding hydrogens is 278 g/mol. The highest BCUT2D eigenvalue weighted by atomic mass is 32.1. The number of nitrogens with two attached hydrogens (primary N) is 1. The lowest BCUT2D eigenvalue weighted by Gasteiger charge is -2.22. The molecule has 0 saturated heterocycles. The molecule has 2 unspecified atom stereocenters. The fourth-order valence-corrected chi connectivity index (χ4v) is 3.18. The van der Waals surface area contributed by atoms with Crippen molar-refractivity contribution in [3.05, 3.63) is 16.1 Å². The molecule has 1 saturated carbocycles. The van der Waals surface area contributed by atoms with Gasteiger partial charge in [0.15, 0.2) is 0 Å². The van der Waals surface area contributed by atoms with Crippen LogP contribution in [0, 0.1) is 5.92 Å². The molecule has 1 amide bonds. The van der Waals surface area contributed by atoms with Crippen LogP contribution in [0.2, 0.25) is 0 Å². The van der Waals surface area contributed by atoms with Crippen molar-refractivity contribution in [3.8, 4) is 0 Å². The summed E-state index contributed by atoms with van der Waals surface area (Å²) in [5.74, 6) is -1.65. The zero-order valence-electron chi connectivity index (χ0n) is 11.2. The SMILES string of the molecule is NCc1nc(C(=O)NC2CCCCCC2C(=O)O)cs1. The number of nitrogens with zero attached hydrogens (tertiary/aromatic N) is 1. The minimum Gasteiger partial charge on any atom is -0.481 e. The van der Waals surface area contributed by atoms with Gasteiger partial charge in [0.25, 0.3) is 5.91 Å². The van der Waals surface area contributed by atoms with Gasteiger partial charge >= 0.3 is 5.97 Å². The van der Waals surface area contributed by atoms with Crippen LogP contribution in [-0.4, -0.2) is 28.0 Å². The molecule has 1 aromatic heterocycles. The van der Waals surface area contributed by atoms with Crippen LogP contribution in [0.25, 0.3) is 0 Å². The third-order valence-electron chi connectivity index (χ3n) is 3.61. The number of nitrogens with one attached hydrogen (secondary N) is 1. The first-order valence-corrected chi connectivity index (χ1v) is 7.68. The Labute approximate surface area is 121 Å². The highest BCUT2D eigenvalue weighted by Gasteiger charge is 2.31. The van der Waals surface area contributed by atoms with Gasteiger partial charge in [-0.3, -0.25) is 9.59 Å². The Hall–Kier alpha value is -1.47. The highest BCUT2D eigenvalue weighted by Crippen LogP contribution is 2.24. The van der Waals surface area contributed by atoms with E-state index in [0.29, 0.717) is 30.1 Å². The highest BCUT2D eigenvalue weighted by molar-refractivity contribution is 7.09. The summed E-state index contributed by atoms with van der Waals surface area (Å²) >= 11 is 1.34. The van der Waals surface area contributed by atoms with E-state index in [1.54, 1.807) is 5.38 Å². The Morgan fingerprint density at radius 1 is 1.40 bits per heavy atom.